The standard InChI is InChI=1S/C10H15N3O3/c11-10(5-3-1-2-4-6-10)9-12-7(8(14)15)13-16-9/h1-6,11H2,(H,14,15). The molecule has 0 amide bonds. The third kappa shape index (κ3) is 2.06. The van der Waals surface area contributed by atoms with Crippen LogP contribution in [0.15, 0.2) is 4.52 Å². The summed E-state index contributed by atoms with van der Waals surface area (Å²) in [4.78, 5) is 14.5. The SMILES string of the molecule is NC1(c2nc(C(=O)O)no2)CCCCCC1. The molecular formula is C10H15N3O3. The molecule has 1 saturated carbocycles. The molecule has 1 fully saturated rings. The molecule has 0 saturated heterocycles. The highest BCUT2D eigenvalue weighted by Gasteiger charge is 2.34. The molecule has 0 atom stereocenters. The van der Waals surface area contributed by atoms with Crippen LogP contribution >= 0.6 is 0 Å². The van der Waals surface area contributed by atoms with Crippen LogP contribution in [0.5, 0.6) is 0 Å². The maximum Gasteiger partial charge on any atom is 0.377 e. The molecule has 16 heavy (non-hydrogen) atoms. The summed E-state index contributed by atoms with van der Waals surface area (Å²) in [5.74, 6) is -1.25. The normalized spacial score (nSPS) is 20.3. The number of hydrogen-bond acceptors (Lipinski definition) is 5. The minimum absolute atomic E-state index is 0.256. The number of carboxylic acids is 1. The van der Waals surface area contributed by atoms with E-state index in [0.29, 0.717) is 0 Å². The summed E-state index contributed by atoms with van der Waals surface area (Å²) in [6, 6.07) is 0. The van der Waals surface area contributed by atoms with E-state index in [1.807, 2.05) is 0 Å². The molecule has 1 aromatic rings. The van der Waals surface area contributed by atoms with Crippen LogP contribution in [0.1, 0.15) is 55.0 Å². The number of rotatable bonds is 2. The van der Waals surface area contributed by atoms with Crippen LogP contribution in [0.25, 0.3) is 0 Å². The van der Waals surface area contributed by atoms with E-state index in [-0.39, 0.29) is 11.7 Å². The molecule has 3 N–H and O–H groups in total. The largest absolute Gasteiger partial charge is 0.475 e. The Morgan fingerprint density at radius 3 is 2.44 bits per heavy atom. The quantitative estimate of drug-likeness (QED) is 0.735. The Morgan fingerprint density at radius 2 is 1.94 bits per heavy atom. The number of nitrogens with zero attached hydrogens (tertiary/aromatic N) is 2. The minimum atomic E-state index is -1.19. The first-order chi connectivity index (χ1) is 7.62. The van der Waals surface area contributed by atoms with Gasteiger partial charge in [-0.05, 0) is 18.0 Å². The van der Waals surface area contributed by atoms with Gasteiger partial charge >= 0.3 is 5.97 Å². The molecule has 0 aliphatic heterocycles. The molecule has 0 spiro atoms. The van der Waals surface area contributed by atoms with Crippen molar-refractivity contribution in [1.29, 1.82) is 0 Å². The lowest BCUT2D eigenvalue weighted by Crippen LogP contribution is -2.36. The third-order valence-corrected chi connectivity index (χ3v) is 3.04. The number of carboxylic acid groups (broad SMARTS) is 1. The van der Waals surface area contributed by atoms with E-state index >= 15 is 0 Å². The van der Waals surface area contributed by atoms with Crippen molar-refractivity contribution in [1.82, 2.24) is 10.1 Å². The van der Waals surface area contributed by atoms with Crippen LogP contribution in [0.2, 0.25) is 0 Å². The average molecular weight is 225 g/mol. The van der Waals surface area contributed by atoms with Gasteiger partial charge in [-0.1, -0.05) is 25.7 Å². The number of carbonyl (C=O) groups is 1. The second kappa shape index (κ2) is 4.21. The van der Waals surface area contributed by atoms with Gasteiger partial charge in [0.15, 0.2) is 0 Å². The molecule has 0 aromatic carbocycles. The summed E-state index contributed by atoms with van der Waals surface area (Å²) in [6.07, 6.45) is 5.88. The predicted octanol–water partition coefficient (Wildman–Crippen LogP) is 1.28. The second-order valence-corrected chi connectivity index (χ2v) is 4.30. The molecular weight excluding hydrogens is 210 g/mol. The van der Waals surface area contributed by atoms with Crippen LogP contribution in [-0.4, -0.2) is 21.2 Å². The fraction of sp³-hybridized carbons (Fsp3) is 0.700. The molecule has 1 aromatic heterocycles. The van der Waals surface area contributed by atoms with Crippen LogP contribution < -0.4 is 5.73 Å². The first kappa shape index (κ1) is 11.1. The van der Waals surface area contributed by atoms with Crippen LogP contribution in [0.4, 0.5) is 0 Å². The van der Waals surface area contributed by atoms with E-state index in [9.17, 15) is 4.79 Å². The van der Waals surface area contributed by atoms with E-state index in [4.69, 9.17) is 15.4 Å². The summed E-state index contributed by atoms with van der Waals surface area (Å²) < 4.78 is 4.96. The van der Waals surface area contributed by atoms with Gasteiger partial charge in [-0.3, -0.25) is 0 Å². The van der Waals surface area contributed by atoms with Crippen molar-refractivity contribution in [2.75, 3.05) is 0 Å². The number of nitrogens with two attached hydrogens (primary N) is 1. The molecule has 0 radical (unpaired) electrons. The Balaban J connectivity index is 2.23. The maximum absolute atomic E-state index is 10.6. The number of aromatic carboxylic acids is 1. The zero-order valence-corrected chi connectivity index (χ0v) is 8.98. The topological polar surface area (TPSA) is 102 Å². The van der Waals surface area contributed by atoms with Gasteiger partial charge in [0.2, 0.25) is 5.89 Å². The van der Waals surface area contributed by atoms with Crippen LogP contribution in [0.3, 0.4) is 0 Å². The molecule has 0 bridgehead atoms. The summed E-state index contributed by atoms with van der Waals surface area (Å²) in [6.45, 7) is 0. The Morgan fingerprint density at radius 1 is 1.31 bits per heavy atom. The lowest BCUT2D eigenvalue weighted by Gasteiger charge is -2.22. The molecule has 0 unspecified atom stereocenters. The summed E-state index contributed by atoms with van der Waals surface area (Å²) in [7, 11) is 0. The highest BCUT2D eigenvalue weighted by Crippen LogP contribution is 2.32. The van der Waals surface area contributed by atoms with E-state index in [1.54, 1.807) is 0 Å². The zero-order valence-electron chi connectivity index (χ0n) is 8.98. The van der Waals surface area contributed by atoms with E-state index in [0.717, 1.165) is 38.5 Å². The second-order valence-electron chi connectivity index (χ2n) is 4.30. The van der Waals surface area contributed by atoms with Gasteiger partial charge < -0.3 is 15.4 Å². The average Bonchev–Trinajstić information content (AvgIpc) is 2.64. The van der Waals surface area contributed by atoms with Gasteiger partial charge in [0.1, 0.15) is 0 Å². The lowest BCUT2D eigenvalue weighted by atomic mass is 9.91. The van der Waals surface area contributed by atoms with Crippen LogP contribution in [-0.2, 0) is 5.54 Å². The van der Waals surface area contributed by atoms with Crippen molar-refractivity contribution in [3.63, 3.8) is 0 Å². The smallest absolute Gasteiger partial charge is 0.377 e. The first-order valence-corrected chi connectivity index (χ1v) is 5.48. The fourth-order valence-electron chi connectivity index (χ4n) is 2.09. The van der Waals surface area contributed by atoms with E-state index in [2.05, 4.69) is 10.1 Å². The maximum atomic E-state index is 10.6. The van der Waals surface area contributed by atoms with Gasteiger partial charge in [0.25, 0.3) is 5.82 Å². The molecule has 2 rings (SSSR count). The molecule has 1 heterocycles. The first-order valence-electron chi connectivity index (χ1n) is 5.48. The van der Waals surface area contributed by atoms with Crippen molar-refractivity contribution in [2.45, 2.75) is 44.1 Å². The highest BCUT2D eigenvalue weighted by molar-refractivity contribution is 5.82. The molecule has 88 valence electrons. The molecule has 1 aliphatic carbocycles. The van der Waals surface area contributed by atoms with Gasteiger partial charge in [0, 0.05) is 0 Å². The van der Waals surface area contributed by atoms with Crippen molar-refractivity contribution in [3.8, 4) is 0 Å². The highest BCUT2D eigenvalue weighted by atomic mass is 16.5. The summed E-state index contributed by atoms with van der Waals surface area (Å²) in [5, 5.41) is 12.1. The van der Waals surface area contributed by atoms with Gasteiger partial charge in [-0.2, -0.15) is 4.98 Å². The third-order valence-electron chi connectivity index (χ3n) is 3.04. The molecule has 1 aliphatic rings. The fourth-order valence-corrected chi connectivity index (χ4v) is 2.09. The minimum Gasteiger partial charge on any atom is -0.475 e. The van der Waals surface area contributed by atoms with Crippen molar-refractivity contribution in [3.05, 3.63) is 11.7 Å². The molecule has 6 nitrogen and oxygen atoms in total. The number of hydrogen-bond donors (Lipinski definition) is 2. The Hall–Kier alpha value is -1.43. The predicted molar refractivity (Wildman–Crippen MR) is 54.8 cm³/mol. The Kier molecular flexibility index (Phi) is 2.91. The van der Waals surface area contributed by atoms with Gasteiger partial charge in [0.05, 0.1) is 5.54 Å². The Labute approximate surface area is 92.8 Å². The van der Waals surface area contributed by atoms with Crippen molar-refractivity contribution >= 4 is 5.97 Å². The van der Waals surface area contributed by atoms with E-state index < -0.39 is 11.5 Å². The van der Waals surface area contributed by atoms with Gasteiger partial charge in [-0.15, -0.1) is 0 Å². The number of aromatic nitrogens is 2. The van der Waals surface area contributed by atoms with Gasteiger partial charge in [-0.25, -0.2) is 4.79 Å². The Bertz CT molecular complexity index is 380. The zero-order chi connectivity index (χ0) is 11.6. The van der Waals surface area contributed by atoms with Crippen molar-refractivity contribution < 1.29 is 14.4 Å². The summed E-state index contributed by atoms with van der Waals surface area (Å²) in [5.41, 5.74) is 5.56. The van der Waals surface area contributed by atoms with Crippen LogP contribution in [0, 0.1) is 0 Å². The lowest BCUT2D eigenvalue weighted by molar-refractivity contribution is 0.0680. The monoisotopic (exact) mass is 225 g/mol. The summed E-state index contributed by atoms with van der Waals surface area (Å²) >= 11 is 0. The van der Waals surface area contributed by atoms with E-state index in [1.165, 1.54) is 0 Å². The molecule has 6 heteroatoms. The van der Waals surface area contributed by atoms with Crippen molar-refractivity contribution in [2.24, 2.45) is 5.73 Å².